The first kappa shape index (κ1) is 11.5. The smallest absolute Gasteiger partial charge is 0.197 e. The Bertz CT molecular complexity index is 497. The second kappa shape index (κ2) is 4.49. The highest BCUT2D eigenvalue weighted by molar-refractivity contribution is 5.46. The van der Waals surface area contributed by atoms with Crippen LogP contribution in [0, 0.1) is 6.92 Å². The van der Waals surface area contributed by atoms with E-state index in [9.17, 15) is 0 Å². The Morgan fingerprint density at radius 3 is 2.35 bits per heavy atom. The first-order chi connectivity index (χ1) is 8.06. The fraction of sp³-hybridized carbons (Fsp3) is 0.308. The van der Waals surface area contributed by atoms with Gasteiger partial charge in [-0.25, -0.2) is 4.98 Å². The molecule has 1 heterocycles. The first-order valence-electron chi connectivity index (χ1n) is 5.63. The van der Waals surface area contributed by atoms with Crippen LogP contribution in [0.4, 0.5) is 11.6 Å². The molecule has 1 aromatic heterocycles. The van der Waals surface area contributed by atoms with Gasteiger partial charge in [0.1, 0.15) is 0 Å². The minimum Gasteiger partial charge on any atom is -0.378 e. The fourth-order valence-corrected chi connectivity index (χ4v) is 1.80. The Hall–Kier alpha value is -1.97. The largest absolute Gasteiger partial charge is 0.378 e. The van der Waals surface area contributed by atoms with Crippen molar-refractivity contribution in [2.24, 2.45) is 0 Å². The lowest BCUT2D eigenvalue weighted by Gasteiger charge is -2.12. The Morgan fingerprint density at radius 2 is 1.88 bits per heavy atom. The number of rotatable bonds is 3. The number of aromatic nitrogens is 2. The van der Waals surface area contributed by atoms with E-state index in [1.165, 1.54) is 11.3 Å². The average molecular weight is 230 g/mol. The molecule has 1 aromatic carbocycles. The molecule has 0 fully saturated rings. The average Bonchev–Trinajstić information content (AvgIpc) is 2.58. The highest BCUT2D eigenvalue weighted by Crippen LogP contribution is 2.16. The van der Waals surface area contributed by atoms with Crippen molar-refractivity contribution in [2.75, 3.05) is 24.7 Å². The summed E-state index contributed by atoms with van der Waals surface area (Å²) in [6.45, 7) is 1.99. The monoisotopic (exact) mass is 230 g/mol. The molecule has 0 saturated carbocycles. The van der Waals surface area contributed by atoms with E-state index in [2.05, 4.69) is 39.1 Å². The standard InChI is InChI=1S/C13H18N4/c1-9-12(16-13(14)15-9)8-10-4-6-11(7-5-10)17(2)3/h4-7H,8H2,1-3H3,(H3,14,15,16). The third-order valence-electron chi connectivity index (χ3n) is 2.83. The van der Waals surface area contributed by atoms with E-state index < -0.39 is 0 Å². The van der Waals surface area contributed by atoms with Crippen LogP contribution in [-0.2, 0) is 6.42 Å². The number of nitrogens with zero attached hydrogens (tertiary/aromatic N) is 2. The van der Waals surface area contributed by atoms with Crippen LogP contribution >= 0.6 is 0 Å². The summed E-state index contributed by atoms with van der Waals surface area (Å²) < 4.78 is 0. The number of nitrogens with two attached hydrogens (primary N) is 1. The van der Waals surface area contributed by atoms with Crippen molar-refractivity contribution in [1.82, 2.24) is 9.97 Å². The summed E-state index contributed by atoms with van der Waals surface area (Å²) in [4.78, 5) is 9.38. The summed E-state index contributed by atoms with van der Waals surface area (Å²) in [5, 5.41) is 0. The molecule has 0 amide bonds. The predicted molar refractivity (Wildman–Crippen MR) is 71.3 cm³/mol. The number of hydrogen-bond donors (Lipinski definition) is 2. The lowest BCUT2D eigenvalue weighted by Crippen LogP contribution is -2.08. The van der Waals surface area contributed by atoms with Gasteiger partial charge in [0.25, 0.3) is 0 Å². The van der Waals surface area contributed by atoms with Crippen molar-refractivity contribution in [2.45, 2.75) is 13.3 Å². The Kier molecular flexibility index (Phi) is 3.04. The number of benzene rings is 1. The summed E-state index contributed by atoms with van der Waals surface area (Å²) in [6.07, 6.45) is 0.813. The zero-order valence-electron chi connectivity index (χ0n) is 10.5. The number of aryl methyl sites for hydroxylation is 1. The molecular weight excluding hydrogens is 212 g/mol. The van der Waals surface area contributed by atoms with Crippen LogP contribution in [0.1, 0.15) is 17.0 Å². The molecule has 90 valence electrons. The number of nitrogen functional groups attached to an aromatic ring is 1. The predicted octanol–water partition coefficient (Wildman–Crippen LogP) is 1.96. The van der Waals surface area contributed by atoms with Crippen LogP contribution in [0.25, 0.3) is 0 Å². The zero-order valence-corrected chi connectivity index (χ0v) is 10.5. The third-order valence-corrected chi connectivity index (χ3v) is 2.83. The van der Waals surface area contributed by atoms with Gasteiger partial charge in [-0.15, -0.1) is 0 Å². The molecule has 0 aliphatic heterocycles. The van der Waals surface area contributed by atoms with Crippen LogP contribution in [0.15, 0.2) is 24.3 Å². The highest BCUT2D eigenvalue weighted by Gasteiger charge is 2.05. The number of H-pyrrole nitrogens is 1. The minimum absolute atomic E-state index is 0.488. The quantitative estimate of drug-likeness (QED) is 0.847. The molecular formula is C13H18N4. The first-order valence-corrected chi connectivity index (χ1v) is 5.63. The second-order valence-electron chi connectivity index (χ2n) is 4.43. The van der Waals surface area contributed by atoms with Crippen molar-refractivity contribution in [3.05, 3.63) is 41.2 Å². The Morgan fingerprint density at radius 1 is 1.24 bits per heavy atom. The van der Waals surface area contributed by atoms with E-state index in [0.29, 0.717) is 5.95 Å². The summed E-state index contributed by atoms with van der Waals surface area (Å²) in [5.41, 5.74) is 10.1. The van der Waals surface area contributed by atoms with Gasteiger partial charge >= 0.3 is 0 Å². The minimum atomic E-state index is 0.488. The zero-order chi connectivity index (χ0) is 12.4. The van der Waals surface area contributed by atoms with Gasteiger partial charge in [-0.1, -0.05) is 12.1 Å². The Balaban J connectivity index is 2.16. The topological polar surface area (TPSA) is 57.9 Å². The van der Waals surface area contributed by atoms with Crippen LogP contribution in [-0.4, -0.2) is 24.1 Å². The number of anilines is 2. The maximum atomic E-state index is 5.62. The maximum Gasteiger partial charge on any atom is 0.197 e. The SMILES string of the molecule is Cc1[nH]c(N)nc1Cc1ccc(N(C)C)cc1. The van der Waals surface area contributed by atoms with E-state index in [4.69, 9.17) is 5.73 Å². The molecule has 2 rings (SSSR count). The number of aromatic amines is 1. The van der Waals surface area contributed by atoms with Crippen LogP contribution in [0.2, 0.25) is 0 Å². The van der Waals surface area contributed by atoms with Crippen molar-refractivity contribution in [3.8, 4) is 0 Å². The molecule has 0 atom stereocenters. The summed E-state index contributed by atoms with van der Waals surface area (Å²) in [7, 11) is 4.07. The van der Waals surface area contributed by atoms with E-state index in [0.717, 1.165) is 17.8 Å². The molecule has 17 heavy (non-hydrogen) atoms. The van der Waals surface area contributed by atoms with E-state index >= 15 is 0 Å². The molecule has 0 aliphatic rings. The number of nitrogens with one attached hydrogen (secondary N) is 1. The van der Waals surface area contributed by atoms with Crippen molar-refractivity contribution in [3.63, 3.8) is 0 Å². The van der Waals surface area contributed by atoms with Crippen molar-refractivity contribution in [1.29, 1.82) is 0 Å². The molecule has 0 spiro atoms. The molecule has 0 saturated heterocycles. The van der Waals surface area contributed by atoms with E-state index in [1.807, 2.05) is 21.0 Å². The fourth-order valence-electron chi connectivity index (χ4n) is 1.80. The van der Waals surface area contributed by atoms with Gasteiger partial charge in [0.2, 0.25) is 0 Å². The van der Waals surface area contributed by atoms with Crippen molar-refractivity contribution < 1.29 is 0 Å². The van der Waals surface area contributed by atoms with Crippen LogP contribution < -0.4 is 10.6 Å². The normalized spacial score (nSPS) is 10.5. The van der Waals surface area contributed by atoms with Gasteiger partial charge in [0.15, 0.2) is 5.95 Å². The molecule has 4 nitrogen and oxygen atoms in total. The van der Waals surface area contributed by atoms with E-state index in [1.54, 1.807) is 0 Å². The molecule has 0 bridgehead atoms. The van der Waals surface area contributed by atoms with Gasteiger partial charge in [-0.2, -0.15) is 0 Å². The van der Waals surface area contributed by atoms with Gasteiger partial charge < -0.3 is 15.6 Å². The summed E-state index contributed by atoms with van der Waals surface area (Å²) in [6, 6.07) is 8.47. The molecule has 0 unspecified atom stereocenters. The molecule has 2 aromatic rings. The van der Waals surface area contributed by atoms with E-state index in [-0.39, 0.29) is 0 Å². The second-order valence-corrected chi connectivity index (χ2v) is 4.43. The van der Waals surface area contributed by atoms with Crippen LogP contribution in [0.5, 0.6) is 0 Å². The van der Waals surface area contributed by atoms with Gasteiger partial charge in [-0.05, 0) is 24.6 Å². The third kappa shape index (κ3) is 2.58. The van der Waals surface area contributed by atoms with Gasteiger partial charge in [0, 0.05) is 31.9 Å². The van der Waals surface area contributed by atoms with Gasteiger partial charge in [0.05, 0.1) is 5.69 Å². The lowest BCUT2D eigenvalue weighted by atomic mass is 10.1. The molecule has 3 N–H and O–H groups in total. The van der Waals surface area contributed by atoms with Crippen molar-refractivity contribution >= 4 is 11.6 Å². The molecule has 0 radical (unpaired) electrons. The molecule has 0 aliphatic carbocycles. The Labute approximate surface area is 101 Å². The van der Waals surface area contributed by atoms with Gasteiger partial charge in [-0.3, -0.25) is 0 Å². The lowest BCUT2D eigenvalue weighted by molar-refractivity contribution is 1.07. The van der Waals surface area contributed by atoms with Crippen LogP contribution in [0.3, 0.4) is 0 Å². The molecule has 4 heteroatoms. The summed E-state index contributed by atoms with van der Waals surface area (Å²) >= 11 is 0. The summed E-state index contributed by atoms with van der Waals surface area (Å²) in [5.74, 6) is 0.488. The number of hydrogen-bond acceptors (Lipinski definition) is 3. The number of imidazole rings is 1. The maximum absolute atomic E-state index is 5.62. The highest BCUT2D eigenvalue weighted by atomic mass is 15.1.